The van der Waals surface area contributed by atoms with Gasteiger partial charge in [-0.1, -0.05) is 36.1 Å². The first-order valence-corrected chi connectivity index (χ1v) is 12.0. The number of rotatable bonds is 7. The van der Waals surface area contributed by atoms with Crippen LogP contribution in [-0.4, -0.2) is 28.4 Å². The molecule has 0 saturated carbocycles. The van der Waals surface area contributed by atoms with Crippen LogP contribution in [0, 0.1) is 5.82 Å². The van der Waals surface area contributed by atoms with Gasteiger partial charge in [0.05, 0.1) is 17.7 Å². The van der Waals surface area contributed by atoms with E-state index >= 15 is 0 Å². The number of hydrogen-bond acceptors (Lipinski definition) is 6. The molecule has 2 amide bonds. The van der Waals surface area contributed by atoms with Crippen LogP contribution in [0.2, 0.25) is 0 Å². The van der Waals surface area contributed by atoms with Gasteiger partial charge in [-0.05, 0) is 72.7 Å². The summed E-state index contributed by atoms with van der Waals surface area (Å²) in [5, 5.41) is 13.0. The molecule has 0 aromatic heterocycles. The third-order valence-corrected chi connectivity index (χ3v) is 6.62. The SMILES string of the molecule is C=CCc1cc(/C=C2/SC(=S)N(c3cccc(C(=O)Nc4ccc(F)cc4)c3)C2=O)cc(OC)c1O. The van der Waals surface area contributed by atoms with Gasteiger partial charge in [0.25, 0.3) is 11.8 Å². The maximum absolute atomic E-state index is 13.3. The van der Waals surface area contributed by atoms with E-state index in [2.05, 4.69) is 11.9 Å². The summed E-state index contributed by atoms with van der Waals surface area (Å²) in [6.45, 7) is 3.70. The number of allylic oxidation sites excluding steroid dienone is 1. The lowest BCUT2D eigenvalue weighted by molar-refractivity contribution is -0.113. The highest BCUT2D eigenvalue weighted by Gasteiger charge is 2.33. The van der Waals surface area contributed by atoms with Crippen LogP contribution in [-0.2, 0) is 11.2 Å². The average molecular weight is 521 g/mol. The summed E-state index contributed by atoms with van der Waals surface area (Å²) in [5.74, 6) is -0.831. The second-order valence-electron chi connectivity index (χ2n) is 7.75. The number of aromatic hydroxyl groups is 1. The van der Waals surface area contributed by atoms with Gasteiger partial charge >= 0.3 is 0 Å². The van der Waals surface area contributed by atoms with Gasteiger partial charge in [-0.2, -0.15) is 0 Å². The van der Waals surface area contributed by atoms with E-state index in [0.717, 1.165) is 11.8 Å². The summed E-state index contributed by atoms with van der Waals surface area (Å²) < 4.78 is 18.7. The molecule has 0 atom stereocenters. The molecule has 0 bridgehead atoms. The highest BCUT2D eigenvalue weighted by atomic mass is 32.2. The zero-order valence-electron chi connectivity index (χ0n) is 19.2. The molecule has 0 unspecified atom stereocenters. The molecule has 0 radical (unpaired) electrons. The monoisotopic (exact) mass is 520 g/mol. The quantitative estimate of drug-likeness (QED) is 0.229. The number of hydrogen-bond donors (Lipinski definition) is 2. The van der Waals surface area contributed by atoms with Crippen LogP contribution in [0.3, 0.4) is 0 Å². The summed E-state index contributed by atoms with van der Waals surface area (Å²) >= 11 is 6.60. The Morgan fingerprint density at radius 2 is 1.97 bits per heavy atom. The van der Waals surface area contributed by atoms with Crippen molar-refractivity contribution in [3.05, 3.63) is 101 Å². The number of anilines is 2. The Morgan fingerprint density at radius 1 is 1.22 bits per heavy atom. The number of benzene rings is 3. The molecule has 1 aliphatic heterocycles. The number of thioether (sulfide) groups is 1. The van der Waals surface area contributed by atoms with Gasteiger partial charge in [-0.15, -0.1) is 6.58 Å². The number of nitrogens with one attached hydrogen (secondary N) is 1. The largest absolute Gasteiger partial charge is 0.504 e. The van der Waals surface area contributed by atoms with E-state index in [4.69, 9.17) is 17.0 Å². The Bertz CT molecular complexity index is 1400. The fraction of sp³-hybridized carbons (Fsp3) is 0.0741. The Labute approximate surface area is 217 Å². The van der Waals surface area contributed by atoms with Crippen molar-refractivity contribution in [2.75, 3.05) is 17.3 Å². The van der Waals surface area contributed by atoms with Gasteiger partial charge in [-0.25, -0.2) is 4.39 Å². The van der Waals surface area contributed by atoms with Crippen molar-refractivity contribution in [3.8, 4) is 11.5 Å². The van der Waals surface area contributed by atoms with Crippen LogP contribution in [0.15, 0.2) is 78.2 Å². The normalized spacial score (nSPS) is 14.3. The smallest absolute Gasteiger partial charge is 0.270 e. The highest BCUT2D eigenvalue weighted by Crippen LogP contribution is 2.38. The Kier molecular flexibility index (Phi) is 7.52. The van der Waals surface area contributed by atoms with Crippen molar-refractivity contribution < 1.29 is 23.8 Å². The van der Waals surface area contributed by atoms with Gasteiger partial charge in [0.1, 0.15) is 5.82 Å². The molecular weight excluding hydrogens is 499 g/mol. The number of nitrogens with zero attached hydrogens (tertiary/aromatic N) is 1. The summed E-state index contributed by atoms with van der Waals surface area (Å²) in [7, 11) is 1.45. The molecule has 1 fully saturated rings. The minimum Gasteiger partial charge on any atom is -0.504 e. The molecule has 1 saturated heterocycles. The van der Waals surface area contributed by atoms with Crippen molar-refractivity contribution in [1.82, 2.24) is 0 Å². The van der Waals surface area contributed by atoms with E-state index in [1.165, 1.54) is 36.3 Å². The van der Waals surface area contributed by atoms with Gasteiger partial charge in [-0.3, -0.25) is 14.5 Å². The molecule has 1 heterocycles. The Hall–Kier alpha value is -3.95. The fourth-order valence-corrected chi connectivity index (χ4v) is 4.90. The van der Waals surface area contributed by atoms with Crippen molar-refractivity contribution >= 4 is 57.6 Å². The van der Waals surface area contributed by atoms with Gasteiger partial charge in [0, 0.05) is 16.8 Å². The zero-order chi connectivity index (χ0) is 25.8. The number of carbonyl (C=O) groups is 2. The molecule has 0 spiro atoms. The van der Waals surface area contributed by atoms with E-state index in [1.54, 1.807) is 48.6 Å². The molecule has 1 aliphatic rings. The number of phenolic OH excluding ortho intramolecular Hbond substituents is 1. The van der Waals surface area contributed by atoms with Crippen LogP contribution in [0.4, 0.5) is 15.8 Å². The number of thiocarbonyl (C=S) groups is 1. The van der Waals surface area contributed by atoms with Crippen molar-refractivity contribution in [2.45, 2.75) is 6.42 Å². The topological polar surface area (TPSA) is 78.9 Å². The predicted octanol–water partition coefficient (Wildman–Crippen LogP) is 5.93. The lowest BCUT2D eigenvalue weighted by Gasteiger charge is -2.15. The minimum absolute atomic E-state index is 0.0258. The van der Waals surface area contributed by atoms with Gasteiger partial charge < -0.3 is 15.2 Å². The zero-order valence-corrected chi connectivity index (χ0v) is 20.8. The Morgan fingerprint density at radius 3 is 2.67 bits per heavy atom. The van der Waals surface area contributed by atoms with Crippen LogP contribution in [0.1, 0.15) is 21.5 Å². The molecule has 182 valence electrons. The number of amides is 2. The second-order valence-corrected chi connectivity index (χ2v) is 9.43. The number of halogens is 1. The number of phenols is 1. The lowest BCUT2D eigenvalue weighted by atomic mass is 10.1. The summed E-state index contributed by atoms with van der Waals surface area (Å²) in [4.78, 5) is 27.7. The third-order valence-electron chi connectivity index (χ3n) is 5.32. The summed E-state index contributed by atoms with van der Waals surface area (Å²) in [6.07, 6.45) is 3.77. The number of ether oxygens (including phenoxy) is 1. The standard InChI is InChI=1S/C27H21FN2O4S2/c1-3-5-17-12-16(13-22(34-2)24(17)31)14-23-26(33)30(27(35)36-23)21-7-4-6-18(15-21)25(32)29-20-10-8-19(28)9-11-20/h3-4,6-15,31H,1,5H2,2H3,(H,29,32)/b23-14+. The first-order chi connectivity index (χ1) is 17.3. The van der Waals surface area contributed by atoms with E-state index < -0.39 is 11.7 Å². The summed E-state index contributed by atoms with van der Waals surface area (Å²) in [5.41, 5.74) is 2.48. The maximum Gasteiger partial charge on any atom is 0.270 e. The van der Waals surface area contributed by atoms with E-state index in [1.807, 2.05) is 0 Å². The molecule has 9 heteroatoms. The van der Waals surface area contributed by atoms with Crippen LogP contribution < -0.4 is 15.0 Å². The first kappa shape index (κ1) is 25.2. The van der Waals surface area contributed by atoms with Gasteiger partial charge in [0.2, 0.25) is 0 Å². The van der Waals surface area contributed by atoms with Crippen molar-refractivity contribution in [1.29, 1.82) is 0 Å². The third kappa shape index (κ3) is 5.32. The van der Waals surface area contributed by atoms with Crippen molar-refractivity contribution in [2.24, 2.45) is 0 Å². The second kappa shape index (κ2) is 10.8. The minimum atomic E-state index is -0.407. The number of methoxy groups -OCH3 is 1. The van der Waals surface area contributed by atoms with Gasteiger partial charge in [0.15, 0.2) is 15.8 Å². The highest BCUT2D eigenvalue weighted by molar-refractivity contribution is 8.27. The first-order valence-electron chi connectivity index (χ1n) is 10.8. The van der Waals surface area contributed by atoms with Crippen molar-refractivity contribution in [3.63, 3.8) is 0 Å². The van der Waals surface area contributed by atoms with E-state index in [9.17, 15) is 19.1 Å². The molecular formula is C27H21FN2O4S2. The molecule has 36 heavy (non-hydrogen) atoms. The average Bonchev–Trinajstić information content (AvgIpc) is 3.14. The predicted molar refractivity (Wildman–Crippen MR) is 145 cm³/mol. The van der Waals surface area contributed by atoms with Crippen LogP contribution in [0.25, 0.3) is 6.08 Å². The summed E-state index contributed by atoms with van der Waals surface area (Å²) in [6, 6.07) is 15.3. The lowest BCUT2D eigenvalue weighted by Crippen LogP contribution is -2.27. The molecule has 2 N–H and O–H groups in total. The molecule has 4 rings (SSSR count). The maximum atomic E-state index is 13.3. The molecule has 3 aromatic carbocycles. The number of carbonyl (C=O) groups excluding carboxylic acids is 2. The van der Waals surface area contributed by atoms with E-state index in [0.29, 0.717) is 43.7 Å². The molecule has 6 nitrogen and oxygen atoms in total. The molecule has 0 aliphatic carbocycles. The van der Waals surface area contributed by atoms with E-state index in [-0.39, 0.29) is 17.4 Å². The fourth-order valence-electron chi connectivity index (χ4n) is 3.60. The van der Waals surface area contributed by atoms with Crippen LogP contribution in [0.5, 0.6) is 11.5 Å². The van der Waals surface area contributed by atoms with Crippen LogP contribution >= 0.6 is 24.0 Å². The molecule has 3 aromatic rings. The Balaban J connectivity index is 1.59.